The minimum atomic E-state index is -0.506. The average molecular weight is 372 g/mol. The third kappa shape index (κ3) is 6.41. The Bertz CT molecular complexity index is 701. The highest BCUT2D eigenvalue weighted by Crippen LogP contribution is 2.28. The Morgan fingerprint density at radius 1 is 1.12 bits per heavy atom. The van der Waals surface area contributed by atoms with Gasteiger partial charge in [0, 0.05) is 18.1 Å². The third-order valence-corrected chi connectivity index (χ3v) is 5.15. The second kappa shape index (κ2) is 10.3. The van der Waals surface area contributed by atoms with Crippen LogP contribution in [0.2, 0.25) is 0 Å². The molecule has 0 saturated carbocycles. The van der Waals surface area contributed by atoms with Gasteiger partial charge in [-0.1, -0.05) is 56.3 Å². The van der Waals surface area contributed by atoms with E-state index in [0.717, 1.165) is 28.4 Å². The van der Waals surface area contributed by atoms with E-state index in [9.17, 15) is 4.79 Å². The molecule has 0 fully saturated rings. The van der Waals surface area contributed by atoms with Crippen LogP contribution in [0.1, 0.15) is 43.4 Å². The standard InChI is InChI=1S/C22H29NO2S/c1-16(2)20-11-10-17(3)14-21(20)25-18(4)22(24)23-12-13-26-15-19-8-6-5-7-9-19/h5-11,14,16,18H,12-13,15H2,1-4H3,(H,23,24). The van der Waals surface area contributed by atoms with Crippen LogP contribution in [0, 0.1) is 6.92 Å². The summed E-state index contributed by atoms with van der Waals surface area (Å²) in [4.78, 5) is 12.3. The van der Waals surface area contributed by atoms with Crippen molar-refractivity contribution in [3.05, 3.63) is 65.2 Å². The molecule has 4 heteroatoms. The Balaban J connectivity index is 1.76. The summed E-state index contributed by atoms with van der Waals surface area (Å²) in [6.07, 6.45) is -0.506. The van der Waals surface area contributed by atoms with Gasteiger partial charge in [-0.2, -0.15) is 11.8 Å². The van der Waals surface area contributed by atoms with E-state index in [4.69, 9.17) is 4.74 Å². The first-order valence-electron chi connectivity index (χ1n) is 9.14. The van der Waals surface area contributed by atoms with Crippen LogP contribution in [0.5, 0.6) is 5.75 Å². The quantitative estimate of drug-likeness (QED) is 0.635. The molecule has 0 aliphatic rings. The predicted octanol–water partition coefficient (Wildman–Crippen LogP) is 4.94. The number of hydrogen-bond donors (Lipinski definition) is 1. The number of thioether (sulfide) groups is 1. The fourth-order valence-electron chi connectivity index (χ4n) is 2.62. The van der Waals surface area contributed by atoms with Crippen molar-refractivity contribution < 1.29 is 9.53 Å². The number of ether oxygens (including phenoxy) is 1. The first-order valence-corrected chi connectivity index (χ1v) is 10.3. The molecule has 0 bridgehead atoms. The smallest absolute Gasteiger partial charge is 0.260 e. The number of carbonyl (C=O) groups is 1. The molecule has 0 aliphatic heterocycles. The van der Waals surface area contributed by atoms with Crippen LogP contribution in [0.25, 0.3) is 0 Å². The molecule has 0 spiro atoms. The van der Waals surface area contributed by atoms with Crippen LogP contribution >= 0.6 is 11.8 Å². The molecule has 2 rings (SSSR count). The Kier molecular flexibility index (Phi) is 8.05. The molecular formula is C22H29NO2S. The number of hydrogen-bond acceptors (Lipinski definition) is 3. The molecule has 1 atom stereocenters. The number of rotatable bonds is 9. The maximum Gasteiger partial charge on any atom is 0.260 e. The molecule has 2 aromatic carbocycles. The summed E-state index contributed by atoms with van der Waals surface area (Å²) >= 11 is 1.82. The second-order valence-corrected chi connectivity index (χ2v) is 7.89. The lowest BCUT2D eigenvalue weighted by molar-refractivity contribution is -0.127. The summed E-state index contributed by atoms with van der Waals surface area (Å²) in [5.41, 5.74) is 3.57. The zero-order valence-corrected chi connectivity index (χ0v) is 16.9. The molecule has 1 unspecified atom stereocenters. The summed E-state index contributed by atoms with van der Waals surface area (Å²) in [6.45, 7) is 8.75. The van der Waals surface area contributed by atoms with Gasteiger partial charge in [0.15, 0.2) is 6.10 Å². The van der Waals surface area contributed by atoms with Crippen molar-refractivity contribution in [2.24, 2.45) is 0 Å². The van der Waals surface area contributed by atoms with Crippen LogP contribution in [0.15, 0.2) is 48.5 Å². The van der Waals surface area contributed by atoms with E-state index in [2.05, 4.69) is 43.4 Å². The molecule has 0 heterocycles. The van der Waals surface area contributed by atoms with E-state index in [0.29, 0.717) is 12.5 Å². The fraction of sp³-hybridized carbons (Fsp3) is 0.409. The Morgan fingerprint density at radius 3 is 2.54 bits per heavy atom. The fourth-order valence-corrected chi connectivity index (χ4v) is 3.44. The van der Waals surface area contributed by atoms with E-state index >= 15 is 0 Å². The van der Waals surface area contributed by atoms with Crippen molar-refractivity contribution in [1.29, 1.82) is 0 Å². The third-order valence-electron chi connectivity index (χ3n) is 4.12. The number of carbonyl (C=O) groups excluding carboxylic acids is 1. The summed E-state index contributed by atoms with van der Waals surface area (Å²) in [5.74, 6) is 2.94. The van der Waals surface area contributed by atoms with Crippen molar-refractivity contribution in [3.8, 4) is 5.75 Å². The molecule has 3 nitrogen and oxygen atoms in total. The van der Waals surface area contributed by atoms with Crippen LogP contribution in [0.4, 0.5) is 0 Å². The van der Waals surface area contributed by atoms with Crippen molar-refractivity contribution in [2.75, 3.05) is 12.3 Å². The number of nitrogens with one attached hydrogen (secondary N) is 1. The maximum atomic E-state index is 12.3. The predicted molar refractivity (Wildman–Crippen MR) is 111 cm³/mol. The van der Waals surface area contributed by atoms with Gasteiger partial charge in [-0.25, -0.2) is 0 Å². The van der Waals surface area contributed by atoms with Gasteiger partial charge in [-0.05, 0) is 42.5 Å². The first-order chi connectivity index (χ1) is 12.5. The van der Waals surface area contributed by atoms with Gasteiger partial charge in [-0.15, -0.1) is 0 Å². The molecule has 0 saturated heterocycles. The lowest BCUT2D eigenvalue weighted by Crippen LogP contribution is -2.37. The molecule has 26 heavy (non-hydrogen) atoms. The van der Waals surface area contributed by atoms with E-state index < -0.39 is 6.10 Å². The van der Waals surface area contributed by atoms with E-state index in [1.807, 2.05) is 43.0 Å². The topological polar surface area (TPSA) is 38.3 Å². The molecule has 0 aliphatic carbocycles. The minimum absolute atomic E-state index is 0.0680. The monoisotopic (exact) mass is 371 g/mol. The zero-order chi connectivity index (χ0) is 18.9. The second-order valence-electron chi connectivity index (χ2n) is 6.79. The molecular weight excluding hydrogens is 342 g/mol. The maximum absolute atomic E-state index is 12.3. The van der Waals surface area contributed by atoms with Crippen molar-refractivity contribution in [3.63, 3.8) is 0 Å². The van der Waals surface area contributed by atoms with Crippen LogP contribution in [-0.4, -0.2) is 24.3 Å². The molecule has 1 amide bonds. The van der Waals surface area contributed by atoms with Crippen LogP contribution < -0.4 is 10.1 Å². The summed E-state index contributed by atoms with van der Waals surface area (Å²) < 4.78 is 5.96. The highest BCUT2D eigenvalue weighted by atomic mass is 32.2. The Labute approximate surface area is 161 Å². The van der Waals surface area contributed by atoms with Gasteiger partial charge >= 0.3 is 0 Å². The van der Waals surface area contributed by atoms with Crippen molar-refractivity contribution in [2.45, 2.75) is 45.5 Å². The number of amides is 1. The Morgan fingerprint density at radius 2 is 1.85 bits per heavy atom. The zero-order valence-electron chi connectivity index (χ0n) is 16.1. The van der Waals surface area contributed by atoms with Gasteiger partial charge in [0.05, 0.1) is 0 Å². The molecule has 0 aromatic heterocycles. The van der Waals surface area contributed by atoms with Crippen LogP contribution in [-0.2, 0) is 10.5 Å². The van der Waals surface area contributed by atoms with Crippen molar-refractivity contribution >= 4 is 17.7 Å². The van der Waals surface area contributed by atoms with Gasteiger partial charge in [0.1, 0.15) is 5.75 Å². The molecule has 140 valence electrons. The highest BCUT2D eigenvalue weighted by Gasteiger charge is 2.17. The summed E-state index contributed by atoms with van der Waals surface area (Å²) in [5, 5.41) is 2.97. The van der Waals surface area contributed by atoms with Crippen molar-refractivity contribution in [1.82, 2.24) is 5.32 Å². The van der Waals surface area contributed by atoms with E-state index in [-0.39, 0.29) is 5.91 Å². The molecule has 0 radical (unpaired) electrons. The lowest BCUT2D eigenvalue weighted by Gasteiger charge is -2.19. The lowest BCUT2D eigenvalue weighted by atomic mass is 10.0. The average Bonchev–Trinajstić information content (AvgIpc) is 2.62. The van der Waals surface area contributed by atoms with E-state index in [1.165, 1.54) is 5.56 Å². The first kappa shape index (κ1) is 20.4. The number of benzene rings is 2. The largest absolute Gasteiger partial charge is 0.481 e. The van der Waals surface area contributed by atoms with Crippen LogP contribution in [0.3, 0.4) is 0 Å². The number of aryl methyl sites for hydroxylation is 1. The van der Waals surface area contributed by atoms with Gasteiger partial charge in [0.25, 0.3) is 5.91 Å². The van der Waals surface area contributed by atoms with Gasteiger partial charge < -0.3 is 10.1 Å². The highest BCUT2D eigenvalue weighted by molar-refractivity contribution is 7.98. The summed E-state index contributed by atoms with van der Waals surface area (Å²) in [7, 11) is 0. The minimum Gasteiger partial charge on any atom is -0.481 e. The summed E-state index contributed by atoms with van der Waals surface area (Å²) in [6, 6.07) is 16.5. The van der Waals surface area contributed by atoms with Gasteiger partial charge in [-0.3, -0.25) is 4.79 Å². The van der Waals surface area contributed by atoms with Gasteiger partial charge in [0.2, 0.25) is 0 Å². The molecule has 1 N–H and O–H groups in total. The molecule has 2 aromatic rings. The van der Waals surface area contributed by atoms with E-state index in [1.54, 1.807) is 6.92 Å². The SMILES string of the molecule is Cc1ccc(C(C)C)c(OC(C)C(=O)NCCSCc2ccccc2)c1. The normalized spacial score (nSPS) is 12.0. The Hall–Kier alpha value is -1.94.